The number of benzene rings is 2. The topological polar surface area (TPSA) is 101 Å². The van der Waals surface area contributed by atoms with E-state index in [4.69, 9.17) is 0 Å². The van der Waals surface area contributed by atoms with Crippen LogP contribution in [0.5, 0.6) is 0 Å². The van der Waals surface area contributed by atoms with E-state index in [2.05, 4.69) is 0 Å². The zero-order valence-electron chi connectivity index (χ0n) is 14.4. The summed E-state index contributed by atoms with van der Waals surface area (Å²) in [6, 6.07) is 6.21. The van der Waals surface area contributed by atoms with Crippen LogP contribution in [0.2, 0.25) is 0 Å². The molecule has 1 saturated heterocycles. The van der Waals surface area contributed by atoms with Gasteiger partial charge in [0, 0.05) is 37.8 Å². The molecule has 0 spiro atoms. The number of carbonyl (C=O) groups is 1. The van der Waals surface area contributed by atoms with Crippen LogP contribution in [0.1, 0.15) is 10.4 Å². The smallest absolute Gasteiger partial charge is 0.293 e. The van der Waals surface area contributed by atoms with Crippen LogP contribution in [-0.2, 0) is 10.0 Å². The number of nitrogens with zero attached hydrogens (tertiary/aromatic N) is 3. The number of anilines is 1. The summed E-state index contributed by atoms with van der Waals surface area (Å²) in [5.41, 5.74) is 0.139. The lowest BCUT2D eigenvalue weighted by atomic mass is 10.1. The number of sulfonamides is 1. The van der Waals surface area contributed by atoms with Gasteiger partial charge < -0.3 is 4.90 Å². The van der Waals surface area contributed by atoms with Crippen molar-refractivity contribution in [2.45, 2.75) is 4.90 Å². The molecular formula is C17H15F2N3O5S. The van der Waals surface area contributed by atoms with Crippen molar-refractivity contribution in [2.24, 2.45) is 0 Å². The molecule has 0 amide bonds. The third-order valence-electron chi connectivity index (χ3n) is 4.42. The summed E-state index contributed by atoms with van der Waals surface area (Å²) in [7, 11) is -4.25. The second-order valence-corrected chi connectivity index (χ2v) is 8.00. The highest BCUT2D eigenvalue weighted by molar-refractivity contribution is 7.89. The number of nitro benzene ring substituents is 1. The Morgan fingerprint density at radius 1 is 1.04 bits per heavy atom. The van der Waals surface area contributed by atoms with Gasteiger partial charge in [-0.25, -0.2) is 17.2 Å². The molecule has 148 valence electrons. The highest BCUT2D eigenvalue weighted by Crippen LogP contribution is 2.31. The van der Waals surface area contributed by atoms with Gasteiger partial charge >= 0.3 is 0 Å². The van der Waals surface area contributed by atoms with Gasteiger partial charge in [-0.2, -0.15) is 4.31 Å². The van der Waals surface area contributed by atoms with Crippen molar-refractivity contribution in [3.8, 4) is 0 Å². The molecule has 2 aromatic rings. The zero-order chi connectivity index (χ0) is 20.5. The third-order valence-corrected chi connectivity index (χ3v) is 6.34. The molecule has 11 heteroatoms. The summed E-state index contributed by atoms with van der Waals surface area (Å²) < 4.78 is 53.5. The van der Waals surface area contributed by atoms with Gasteiger partial charge in [-0.05, 0) is 30.3 Å². The predicted octanol–water partition coefficient (Wildman–Crippen LogP) is 2.20. The zero-order valence-corrected chi connectivity index (χ0v) is 15.2. The largest absolute Gasteiger partial charge is 0.363 e. The van der Waals surface area contributed by atoms with Crippen molar-refractivity contribution in [2.75, 3.05) is 31.1 Å². The Hall–Kier alpha value is -2.92. The van der Waals surface area contributed by atoms with E-state index in [-0.39, 0.29) is 43.1 Å². The Labute approximate surface area is 159 Å². The number of halogens is 2. The predicted molar refractivity (Wildman–Crippen MR) is 95.8 cm³/mol. The number of hydrogen-bond donors (Lipinski definition) is 0. The molecule has 0 radical (unpaired) electrons. The molecule has 3 rings (SSSR count). The maximum atomic E-state index is 13.9. The van der Waals surface area contributed by atoms with Crippen molar-refractivity contribution in [3.05, 3.63) is 63.7 Å². The molecule has 2 aromatic carbocycles. The quantitative estimate of drug-likeness (QED) is 0.425. The Kier molecular flexibility index (Phi) is 5.38. The molecule has 28 heavy (non-hydrogen) atoms. The fourth-order valence-corrected chi connectivity index (χ4v) is 4.51. The minimum Gasteiger partial charge on any atom is -0.363 e. The Balaban J connectivity index is 1.82. The minimum absolute atomic E-state index is 0.0646. The van der Waals surface area contributed by atoms with E-state index in [9.17, 15) is 32.1 Å². The molecule has 1 aliphatic rings. The van der Waals surface area contributed by atoms with Crippen LogP contribution in [0, 0.1) is 21.7 Å². The monoisotopic (exact) mass is 411 g/mol. The molecule has 1 fully saturated rings. The lowest BCUT2D eigenvalue weighted by Gasteiger charge is -2.35. The molecular weight excluding hydrogens is 396 g/mol. The Morgan fingerprint density at radius 2 is 1.71 bits per heavy atom. The van der Waals surface area contributed by atoms with Gasteiger partial charge in [0.2, 0.25) is 10.0 Å². The lowest BCUT2D eigenvalue weighted by Crippen LogP contribution is -2.49. The van der Waals surface area contributed by atoms with Crippen molar-refractivity contribution >= 4 is 27.7 Å². The number of carbonyl (C=O) groups excluding carboxylic acids is 1. The van der Waals surface area contributed by atoms with E-state index in [0.717, 1.165) is 22.5 Å². The van der Waals surface area contributed by atoms with Crippen LogP contribution in [0.25, 0.3) is 0 Å². The summed E-state index contributed by atoms with van der Waals surface area (Å²) in [4.78, 5) is 22.4. The lowest BCUT2D eigenvalue weighted by molar-refractivity contribution is -0.384. The van der Waals surface area contributed by atoms with Crippen molar-refractivity contribution in [1.29, 1.82) is 0 Å². The van der Waals surface area contributed by atoms with Gasteiger partial charge in [0.15, 0.2) is 0 Å². The van der Waals surface area contributed by atoms with E-state index in [1.807, 2.05) is 0 Å². The average Bonchev–Trinajstić information content (AvgIpc) is 2.69. The fraction of sp³-hybridized carbons (Fsp3) is 0.235. The number of nitro groups is 1. The summed E-state index contributed by atoms with van der Waals surface area (Å²) >= 11 is 0. The first-order valence-electron chi connectivity index (χ1n) is 8.18. The minimum atomic E-state index is -4.25. The summed E-state index contributed by atoms with van der Waals surface area (Å²) in [6.07, 6.45) is 0.495. The van der Waals surface area contributed by atoms with Crippen molar-refractivity contribution in [1.82, 2.24) is 4.31 Å². The van der Waals surface area contributed by atoms with Gasteiger partial charge in [-0.15, -0.1) is 0 Å². The van der Waals surface area contributed by atoms with E-state index in [1.54, 1.807) is 4.90 Å². The number of rotatable bonds is 5. The van der Waals surface area contributed by atoms with E-state index in [1.165, 1.54) is 12.1 Å². The standard InChI is InChI=1S/C17H15F2N3O5S/c18-13-2-3-14(19)17(10-13)28(26,27)21-7-5-20(6-8-21)15-4-1-12(11-23)9-16(15)22(24)25/h1-4,9-11H,5-8H2. The van der Waals surface area contributed by atoms with Crippen LogP contribution in [0.3, 0.4) is 0 Å². The van der Waals surface area contributed by atoms with Crippen molar-refractivity contribution < 1.29 is 26.9 Å². The van der Waals surface area contributed by atoms with Crippen LogP contribution < -0.4 is 4.90 Å². The second kappa shape index (κ2) is 7.60. The van der Waals surface area contributed by atoms with Gasteiger partial charge in [-0.1, -0.05) is 0 Å². The average molecular weight is 411 g/mol. The van der Waals surface area contributed by atoms with Crippen molar-refractivity contribution in [3.63, 3.8) is 0 Å². The van der Waals surface area contributed by atoms with Crippen LogP contribution in [0.4, 0.5) is 20.2 Å². The molecule has 0 aliphatic carbocycles. The first-order valence-corrected chi connectivity index (χ1v) is 9.62. The summed E-state index contributed by atoms with van der Waals surface area (Å²) in [6.45, 7) is 0.0879. The van der Waals surface area contributed by atoms with E-state index < -0.39 is 31.5 Å². The second-order valence-electron chi connectivity index (χ2n) is 6.09. The summed E-state index contributed by atoms with van der Waals surface area (Å²) in [5, 5.41) is 11.3. The Bertz CT molecular complexity index is 1040. The molecule has 0 bridgehead atoms. The molecule has 0 saturated carbocycles. The molecule has 1 heterocycles. The normalized spacial score (nSPS) is 15.4. The first-order chi connectivity index (χ1) is 13.2. The van der Waals surface area contributed by atoms with Crippen LogP contribution in [-0.4, -0.2) is 50.1 Å². The fourth-order valence-electron chi connectivity index (χ4n) is 3.01. The molecule has 0 atom stereocenters. The molecule has 0 N–H and O–H groups in total. The number of aldehydes is 1. The SMILES string of the molecule is O=Cc1ccc(N2CCN(S(=O)(=O)c3cc(F)ccc3F)CC2)c([N+](=O)[O-])c1. The number of hydrogen-bond acceptors (Lipinski definition) is 6. The van der Waals surface area contributed by atoms with Gasteiger partial charge in [0.25, 0.3) is 5.69 Å². The molecule has 1 aliphatic heterocycles. The van der Waals surface area contributed by atoms with Gasteiger partial charge in [-0.3, -0.25) is 14.9 Å². The molecule has 0 unspecified atom stereocenters. The van der Waals surface area contributed by atoms with E-state index in [0.29, 0.717) is 12.4 Å². The Morgan fingerprint density at radius 3 is 2.32 bits per heavy atom. The third kappa shape index (κ3) is 3.71. The first kappa shape index (κ1) is 19.8. The van der Waals surface area contributed by atoms with Gasteiger partial charge in [0.05, 0.1) is 4.92 Å². The summed E-state index contributed by atoms with van der Waals surface area (Å²) in [5.74, 6) is -1.92. The highest BCUT2D eigenvalue weighted by atomic mass is 32.2. The van der Waals surface area contributed by atoms with Gasteiger partial charge in [0.1, 0.15) is 28.5 Å². The van der Waals surface area contributed by atoms with Crippen LogP contribution in [0.15, 0.2) is 41.3 Å². The molecule has 0 aromatic heterocycles. The maximum absolute atomic E-state index is 13.9. The highest BCUT2D eigenvalue weighted by Gasteiger charge is 2.32. The molecule has 8 nitrogen and oxygen atoms in total. The number of piperazine rings is 1. The van der Waals surface area contributed by atoms with E-state index >= 15 is 0 Å². The van der Waals surface area contributed by atoms with Crippen LogP contribution >= 0.6 is 0 Å². The maximum Gasteiger partial charge on any atom is 0.293 e.